The van der Waals surface area contributed by atoms with Crippen LogP contribution in [0.3, 0.4) is 0 Å². The highest BCUT2D eigenvalue weighted by Crippen LogP contribution is 2.28. The second-order valence-corrected chi connectivity index (χ2v) is 6.32. The maximum absolute atomic E-state index is 12.9. The second-order valence-electron chi connectivity index (χ2n) is 6.32. The molecule has 6 heteroatoms. The molecule has 2 aromatic carbocycles. The number of carboxylic acid groups (broad SMARTS) is 1. The van der Waals surface area contributed by atoms with Gasteiger partial charge in [0.15, 0.2) is 0 Å². The van der Waals surface area contributed by atoms with Crippen LogP contribution in [0.15, 0.2) is 71.5 Å². The summed E-state index contributed by atoms with van der Waals surface area (Å²) in [6, 6.07) is 16.8. The number of fused-ring (bicyclic) bond motifs is 1. The molecule has 3 aromatic rings. The van der Waals surface area contributed by atoms with E-state index in [0.29, 0.717) is 17.0 Å². The number of rotatable bonds is 4. The fraction of sp³-hybridized carbons (Fsp3) is 0.0952. The number of amides is 1. The van der Waals surface area contributed by atoms with E-state index in [-0.39, 0.29) is 12.5 Å². The minimum absolute atomic E-state index is 0.138. The van der Waals surface area contributed by atoms with Gasteiger partial charge in [-0.3, -0.25) is 9.59 Å². The number of hydrogen-bond acceptors (Lipinski definition) is 3. The van der Waals surface area contributed by atoms with E-state index in [9.17, 15) is 9.59 Å². The zero-order valence-corrected chi connectivity index (χ0v) is 14.7. The first-order valence-electron chi connectivity index (χ1n) is 8.51. The van der Waals surface area contributed by atoms with Crippen LogP contribution in [0.2, 0.25) is 0 Å². The number of benzene rings is 2. The average Bonchev–Trinajstić information content (AvgIpc) is 3.15. The second kappa shape index (κ2) is 6.57. The molecule has 134 valence electrons. The number of carbonyl (C=O) groups excluding carboxylic acids is 1. The number of hydrazone groups is 1. The summed E-state index contributed by atoms with van der Waals surface area (Å²) in [7, 11) is 0. The van der Waals surface area contributed by atoms with Gasteiger partial charge in [0.2, 0.25) is 0 Å². The van der Waals surface area contributed by atoms with Crippen LogP contribution >= 0.6 is 0 Å². The van der Waals surface area contributed by atoms with Crippen LogP contribution in [0.1, 0.15) is 12.5 Å². The van der Waals surface area contributed by atoms with E-state index >= 15 is 0 Å². The first-order valence-corrected chi connectivity index (χ1v) is 8.51. The zero-order chi connectivity index (χ0) is 19.0. The lowest BCUT2D eigenvalue weighted by atomic mass is 10.1. The number of carbonyl (C=O) groups is 2. The van der Waals surface area contributed by atoms with Gasteiger partial charge in [0.1, 0.15) is 6.54 Å². The maximum Gasteiger partial charge on any atom is 0.323 e. The zero-order valence-electron chi connectivity index (χ0n) is 14.7. The molecule has 2 heterocycles. The summed E-state index contributed by atoms with van der Waals surface area (Å²) in [4.78, 5) is 24.0. The quantitative estimate of drug-likeness (QED) is 0.724. The van der Waals surface area contributed by atoms with Crippen molar-refractivity contribution in [2.24, 2.45) is 5.10 Å². The molecule has 0 saturated heterocycles. The lowest BCUT2D eigenvalue weighted by Gasteiger charge is -2.10. The number of carboxylic acids is 1. The molecular formula is C21H17N3O3. The van der Waals surface area contributed by atoms with Gasteiger partial charge in [-0.25, -0.2) is 0 Å². The molecule has 1 aliphatic rings. The van der Waals surface area contributed by atoms with Crippen molar-refractivity contribution < 1.29 is 14.7 Å². The molecule has 1 N–H and O–H groups in total. The molecule has 0 fully saturated rings. The molecule has 1 aromatic heterocycles. The fourth-order valence-electron chi connectivity index (χ4n) is 3.25. The number of para-hydroxylation sites is 2. The minimum Gasteiger partial charge on any atom is -0.480 e. The van der Waals surface area contributed by atoms with Crippen LogP contribution in [0, 0.1) is 0 Å². The summed E-state index contributed by atoms with van der Waals surface area (Å²) in [5.41, 5.74) is 3.43. The van der Waals surface area contributed by atoms with Crippen molar-refractivity contribution in [2.75, 3.05) is 5.01 Å². The standard InChI is InChI=1S/C21H17N3O3/c1-14-18(21(27)24(22-14)16-7-3-2-4-8-16)11-15-12-23(13-20(25)26)19-10-6-5-9-17(15)19/h2-12H,13H2,1H3,(H,25,26)/b18-11+. The smallest absolute Gasteiger partial charge is 0.323 e. The Bertz CT molecular complexity index is 1110. The summed E-state index contributed by atoms with van der Waals surface area (Å²) in [6.07, 6.45) is 3.54. The first-order chi connectivity index (χ1) is 13.0. The van der Waals surface area contributed by atoms with Crippen LogP contribution in [-0.2, 0) is 16.1 Å². The number of hydrogen-bond donors (Lipinski definition) is 1. The van der Waals surface area contributed by atoms with Crippen LogP contribution in [0.4, 0.5) is 5.69 Å². The lowest BCUT2D eigenvalue weighted by molar-refractivity contribution is -0.137. The third-order valence-corrected chi connectivity index (χ3v) is 4.49. The molecule has 1 aliphatic heterocycles. The average molecular weight is 359 g/mol. The Labute approximate surface area is 155 Å². The van der Waals surface area contributed by atoms with Crippen LogP contribution in [0.25, 0.3) is 17.0 Å². The van der Waals surface area contributed by atoms with Gasteiger partial charge in [-0.1, -0.05) is 36.4 Å². The van der Waals surface area contributed by atoms with E-state index in [1.165, 1.54) is 5.01 Å². The Hall–Kier alpha value is -3.67. The number of nitrogens with zero attached hydrogens (tertiary/aromatic N) is 3. The van der Waals surface area contributed by atoms with Crippen LogP contribution in [-0.4, -0.2) is 27.3 Å². The molecule has 0 bridgehead atoms. The van der Waals surface area contributed by atoms with Crippen molar-refractivity contribution in [3.8, 4) is 0 Å². The van der Waals surface area contributed by atoms with Gasteiger partial charge in [-0.2, -0.15) is 10.1 Å². The molecule has 4 rings (SSSR count). The fourth-order valence-corrected chi connectivity index (χ4v) is 3.25. The highest BCUT2D eigenvalue weighted by atomic mass is 16.4. The topological polar surface area (TPSA) is 74.9 Å². The molecule has 0 radical (unpaired) electrons. The van der Waals surface area contributed by atoms with Crippen LogP contribution < -0.4 is 5.01 Å². The van der Waals surface area contributed by atoms with Crippen molar-refractivity contribution >= 4 is 40.3 Å². The highest BCUT2D eigenvalue weighted by Gasteiger charge is 2.28. The molecule has 27 heavy (non-hydrogen) atoms. The number of aromatic nitrogens is 1. The Morgan fingerprint density at radius 3 is 2.56 bits per heavy atom. The van der Waals surface area contributed by atoms with Gasteiger partial charge >= 0.3 is 5.97 Å². The first kappa shape index (κ1) is 16.8. The predicted octanol–water partition coefficient (Wildman–Crippen LogP) is 3.53. The Morgan fingerprint density at radius 1 is 1.11 bits per heavy atom. The molecular weight excluding hydrogens is 342 g/mol. The van der Waals surface area contributed by atoms with E-state index in [0.717, 1.165) is 16.5 Å². The maximum atomic E-state index is 12.9. The van der Waals surface area contributed by atoms with E-state index in [4.69, 9.17) is 5.11 Å². The van der Waals surface area contributed by atoms with Crippen molar-refractivity contribution in [3.05, 3.63) is 71.9 Å². The van der Waals surface area contributed by atoms with Crippen LogP contribution in [0.5, 0.6) is 0 Å². The molecule has 0 aliphatic carbocycles. The van der Waals surface area contributed by atoms with Gasteiger partial charge in [-0.15, -0.1) is 0 Å². The van der Waals surface area contributed by atoms with Gasteiger partial charge in [0.05, 0.1) is 17.0 Å². The van der Waals surface area contributed by atoms with E-state index in [1.54, 1.807) is 23.8 Å². The third kappa shape index (κ3) is 3.01. The van der Waals surface area contributed by atoms with E-state index in [1.807, 2.05) is 54.6 Å². The summed E-state index contributed by atoms with van der Waals surface area (Å²) in [5.74, 6) is -1.12. The molecule has 6 nitrogen and oxygen atoms in total. The van der Waals surface area contributed by atoms with Gasteiger partial charge in [0.25, 0.3) is 5.91 Å². The van der Waals surface area contributed by atoms with Crippen molar-refractivity contribution in [3.63, 3.8) is 0 Å². The highest BCUT2D eigenvalue weighted by molar-refractivity contribution is 6.32. The van der Waals surface area contributed by atoms with Gasteiger partial charge in [-0.05, 0) is 31.2 Å². The summed E-state index contributed by atoms with van der Waals surface area (Å²) < 4.78 is 1.67. The molecule has 0 unspecified atom stereocenters. The van der Waals surface area contributed by atoms with Gasteiger partial charge < -0.3 is 9.67 Å². The largest absolute Gasteiger partial charge is 0.480 e. The summed E-state index contributed by atoms with van der Waals surface area (Å²) in [5, 5.41) is 15.8. The monoisotopic (exact) mass is 359 g/mol. The summed E-state index contributed by atoms with van der Waals surface area (Å²) in [6.45, 7) is 1.66. The summed E-state index contributed by atoms with van der Waals surface area (Å²) >= 11 is 0. The Kier molecular flexibility index (Phi) is 4.08. The number of anilines is 1. The number of aliphatic carboxylic acids is 1. The molecule has 1 amide bonds. The van der Waals surface area contributed by atoms with E-state index in [2.05, 4.69) is 5.10 Å². The molecule has 0 saturated carbocycles. The molecule has 0 spiro atoms. The van der Waals surface area contributed by atoms with Crippen molar-refractivity contribution in [1.82, 2.24) is 4.57 Å². The molecule has 0 atom stereocenters. The predicted molar refractivity (Wildman–Crippen MR) is 105 cm³/mol. The van der Waals surface area contributed by atoms with Gasteiger partial charge in [0, 0.05) is 22.7 Å². The van der Waals surface area contributed by atoms with Crippen molar-refractivity contribution in [1.29, 1.82) is 0 Å². The van der Waals surface area contributed by atoms with Crippen molar-refractivity contribution in [2.45, 2.75) is 13.5 Å². The normalized spacial score (nSPS) is 15.6. The minimum atomic E-state index is -0.917. The lowest BCUT2D eigenvalue weighted by Crippen LogP contribution is -2.21. The Balaban J connectivity index is 1.77. The Morgan fingerprint density at radius 2 is 1.81 bits per heavy atom. The third-order valence-electron chi connectivity index (χ3n) is 4.49. The SMILES string of the molecule is CC1=NN(c2ccccc2)C(=O)/C1=C/c1cn(CC(=O)O)c2ccccc12. The van der Waals surface area contributed by atoms with E-state index < -0.39 is 5.97 Å².